The van der Waals surface area contributed by atoms with E-state index in [0.717, 1.165) is 6.54 Å². The van der Waals surface area contributed by atoms with E-state index in [2.05, 4.69) is 42.8 Å². The van der Waals surface area contributed by atoms with Crippen LogP contribution in [-0.2, 0) is 9.47 Å². The number of benzene rings is 1. The van der Waals surface area contributed by atoms with Crippen LogP contribution in [0.4, 0.5) is 23.5 Å². The van der Waals surface area contributed by atoms with Crippen molar-refractivity contribution < 1.29 is 14.3 Å². The summed E-state index contributed by atoms with van der Waals surface area (Å²) in [5.74, 6) is 1.79. The highest BCUT2D eigenvalue weighted by Gasteiger charge is 2.15. The first-order chi connectivity index (χ1) is 18.2. The second-order valence-electron chi connectivity index (χ2n) is 8.84. The number of nitrogens with two attached hydrogens (primary N) is 1. The van der Waals surface area contributed by atoms with Crippen LogP contribution in [0.5, 0.6) is 0 Å². The molecule has 0 unspecified atom stereocenters. The predicted octanol–water partition coefficient (Wildman–Crippen LogP) is 2.93. The van der Waals surface area contributed by atoms with E-state index in [9.17, 15) is 4.79 Å². The summed E-state index contributed by atoms with van der Waals surface area (Å²) in [5.41, 5.74) is 6.58. The summed E-state index contributed by atoms with van der Waals surface area (Å²) in [6, 6.07) is 7.18. The second-order valence-corrected chi connectivity index (χ2v) is 8.84. The molecule has 1 aromatic heterocycles. The molecule has 0 radical (unpaired) electrons. The number of amides is 1. The van der Waals surface area contributed by atoms with E-state index in [4.69, 9.17) is 15.2 Å². The highest BCUT2D eigenvalue weighted by Crippen LogP contribution is 2.24. The molecular formula is C26H40N8O3. The highest BCUT2D eigenvalue weighted by molar-refractivity contribution is 5.95. The molecule has 1 amide bonds. The number of hydrogen-bond donors (Lipinski definition) is 5. The average Bonchev–Trinajstić information content (AvgIpc) is 2.93. The molecule has 37 heavy (non-hydrogen) atoms. The third kappa shape index (κ3) is 10.7. The van der Waals surface area contributed by atoms with Gasteiger partial charge >= 0.3 is 0 Å². The average molecular weight is 513 g/mol. The minimum atomic E-state index is -0.189. The van der Waals surface area contributed by atoms with Crippen LogP contribution in [0.25, 0.3) is 0 Å². The zero-order chi connectivity index (χ0) is 26.1. The molecule has 1 fully saturated rings. The predicted molar refractivity (Wildman–Crippen MR) is 146 cm³/mol. The second kappa shape index (κ2) is 16.5. The van der Waals surface area contributed by atoms with E-state index in [1.54, 1.807) is 18.2 Å². The van der Waals surface area contributed by atoms with Gasteiger partial charge in [0.25, 0.3) is 5.91 Å². The molecular weight excluding hydrogens is 472 g/mol. The molecule has 1 aliphatic carbocycles. The Balaban J connectivity index is 1.55. The van der Waals surface area contributed by atoms with Crippen LogP contribution < -0.4 is 27.0 Å². The van der Waals surface area contributed by atoms with Gasteiger partial charge in [0.05, 0.1) is 26.4 Å². The van der Waals surface area contributed by atoms with Crippen LogP contribution >= 0.6 is 0 Å². The van der Waals surface area contributed by atoms with E-state index in [1.807, 2.05) is 12.1 Å². The van der Waals surface area contributed by atoms with Gasteiger partial charge in [0.2, 0.25) is 17.8 Å². The molecule has 0 spiro atoms. The fraction of sp³-hybridized carbons (Fsp3) is 0.538. The smallest absolute Gasteiger partial charge is 0.251 e. The van der Waals surface area contributed by atoms with Crippen molar-refractivity contribution in [2.75, 3.05) is 68.6 Å². The Hall–Kier alpha value is -3.28. The van der Waals surface area contributed by atoms with Crippen molar-refractivity contribution in [1.82, 2.24) is 20.3 Å². The van der Waals surface area contributed by atoms with E-state index < -0.39 is 0 Å². The highest BCUT2D eigenvalue weighted by atomic mass is 16.5. The number of aromatic nitrogens is 3. The van der Waals surface area contributed by atoms with Gasteiger partial charge in [-0.25, -0.2) is 0 Å². The molecule has 1 aromatic carbocycles. The van der Waals surface area contributed by atoms with E-state index in [1.165, 1.54) is 32.1 Å². The minimum Gasteiger partial charge on any atom is -0.378 e. The Bertz CT molecular complexity index is 969. The fourth-order valence-electron chi connectivity index (χ4n) is 3.99. The maximum atomic E-state index is 12.6. The largest absolute Gasteiger partial charge is 0.378 e. The fourth-order valence-corrected chi connectivity index (χ4v) is 3.99. The quantitative estimate of drug-likeness (QED) is 0.158. The Labute approximate surface area is 219 Å². The van der Waals surface area contributed by atoms with Crippen molar-refractivity contribution >= 4 is 29.4 Å². The summed E-state index contributed by atoms with van der Waals surface area (Å²) in [4.78, 5) is 26.1. The number of rotatable bonds is 17. The third-order valence-corrected chi connectivity index (χ3v) is 5.86. The lowest BCUT2D eigenvalue weighted by atomic mass is 9.89. The molecule has 0 aliphatic heterocycles. The normalized spacial score (nSPS) is 13.6. The van der Waals surface area contributed by atoms with Crippen LogP contribution in [0, 0.1) is 5.92 Å². The first kappa shape index (κ1) is 28.3. The molecule has 1 aliphatic rings. The topological polar surface area (TPSA) is 148 Å². The zero-order valence-electron chi connectivity index (χ0n) is 21.5. The van der Waals surface area contributed by atoms with Gasteiger partial charge in [-0.3, -0.25) is 4.79 Å². The molecule has 1 heterocycles. The SMILES string of the molecule is C=CCNc1nc(NCC2CCCCC2)nc(Nc2cccc(C(=O)NCCOCCOCCN)c2)n1. The minimum absolute atomic E-state index is 0.189. The number of nitrogens with one attached hydrogen (secondary N) is 4. The summed E-state index contributed by atoms with van der Waals surface area (Å²) in [7, 11) is 0. The molecule has 6 N–H and O–H groups in total. The Morgan fingerprint density at radius 3 is 2.49 bits per heavy atom. The van der Waals surface area contributed by atoms with Gasteiger partial charge in [-0.05, 0) is 37.0 Å². The van der Waals surface area contributed by atoms with Gasteiger partial charge < -0.3 is 36.5 Å². The van der Waals surface area contributed by atoms with Crippen LogP contribution in [0.2, 0.25) is 0 Å². The van der Waals surface area contributed by atoms with E-state index in [-0.39, 0.29) is 5.91 Å². The van der Waals surface area contributed by atoms with Crippen molar-refractivity contribution in [3.8, 4) is 0 Å². The lowest BCUT2D eigenvalue weighted by molar-refractivity contribution is 0.0511. The molecule has 2 aromatic rings. The van der Waals surface area contributed by atoms with Crippen molar-refractivity contribution in [2.24, 2.45) is 11.7 Å². The number of carbonyl (C=O) groups excluding carboxylic acids is 1. The first-order valence-electron chi connectivity index (χ1n) is 13.0. The van der Waals surface area contributed by atoms with Gasteiger partial charge in [-0.2, -0.15) is 15.0 Å². The number of ether oxygens (including phenoxy) is 2. The first-order valence-corrected chi connectivity index (χ1v) is 13.0. The lowest BCUT2D eigenvalue weighted by Gasteiger charge is -2.21. The number of carbonyl (C=O) groups is 1. The number of hydrogen-bond acceptors (Lipinski definition) is 10. The van der Waals surface area contributed by atoms with Gasteiger partial charge in [0.1, 0.15) is 0 Å². The van der Waals surface area contributed by atoms with Crippen LogP contribution in [0.3, 0.4) is 0 Å². The molecule has 11 heteroatoms. The molecule has 0 bridgehead atoms. The van der Waals surface area contributed by atoms with Crippen molar-refractivity contribution in [1.29, 1.82) is 0 Å². The molecule has 0 atom stereocenters. The van der Waals surface area contributed by atoms with E-state index >= 15 is 0 Å². The monoisotopic (exact) mass is 512 g/mol. The Morgan fingerprint density at radius 1 is 1.00 bits per heavy atom. The van der Waals surface area contributed by atoms with Crippen molar-refractivity contribution in [3.05, 3.63) is 42.5 Å². The van der Waals surface area contributed by atoms with Gasteiger partial charge in [-0.15, -0.1) is 6.58 Å². The zero-order valence-corrected chi connectivity index (χ0v) is 21.5. The Kier molecular flexibility index (Phi) is 12.6. The van der Waals surface area contributed by atoms with Crippen LogP contribution in [0.15, 0.2) is 36.9 Å². The third-order valence-electron chi connectivity index (χ3n) is 5.86. The summed E-state index contributed by atoms with van der Waals surface area (Å²) in [6.45, 7) is 7.86. The maximum absolute atomic E-state index is 12.6. The maximum Gasteiger partial charge on any atom is 0.251 e. The standard InChI is InChI=1S/C26H40N8O3/c1-2-12-29-24-32-25(30-19-20-7-4-3-5-8-20)34-26(33-24)31-22-10-6-9-21(18-22)23(35)28-13-15-37-17-16-36-14-11-27/h2,6,9-10,18,20H,1,3-5,7-8,11-17,19,27H2,(H,28,35)(H3,29,30,31,32,33,34). The Morgan fingerprint density at radius 2 is 1.73 bits per heavy atom. The molecule has 202 valence electrons. The number of anilines is 4. The number of nitrogens with zero attached hydrogens (tertiary/aromatic N) is 3. The molecule has 1 saturated carbocycles. The van der Waals surface area contributed by atoms with Crippen molar-refractivity contribution in [3.63, 3.8) is 0 Å². The summed E-state index contributed by atoms with van der Waals surface area (Å²) < 4.78 is 10.7. The van der Waals surface area contributed by atoms with Crippen molar-refractivity contribution in [2.45, 2.75) is 32.1 Å². The summed E-state index contributed by atoms with van der Waals surface area (Å²) >= 11 is 0. The summed E-state index contributed by atoms with van der Waals surface area (Å²) in [6.07, 6.45) is 8.09. The summed E-state index contributed by atoms with van der Waals surface area (Å²) in [5, 5.41) is 12.6. The lowest BCUT2D eigenvalue weighted by Crippen LogP contribution is -2.27. The van der Waals surface area contributed by atoms with Gasteiger partial charge in [0.15, 0.2) is 0 Å². The van der Waals surface area contributed by atoms with Gasteiger partial charge in [0, 0.05) is 37.4 Å². The molecule has 0 saturated heterocycles. The van der Waals surface area contributed by atoms with Crippen LogP contribution in [0.1, 0.15) is 42.5 Å². The molecule has 3 rings (SSSR count). The van der Waals surface area contributed by atoms with Crippen LogP contribution in [-0.4, -0.2) is 73.5 Å². The van der Waals surface area contributed by atoms with E-state index in [0.29, 0.717) is 81.1 Å². The van der Waals surface area contributed by atoms with Gasteiger partial charge in [-0.1, -0.05) is 31.4 Å². The molecule has 11 nitrogen and oxygen atoms in total.